The van der Waals surface area contributed by atoms with E-state index in [0.29, 0.717) is 5.69 Å². The van der Waals surface area contributed by atoms with Gasteiger partial charge in [0.2, 0.25) is 17.7 Å². The maximum atomic E-state index is 11.9. The highest BCUT2D eigenvalue weighted by Crippen LogP contribution is 2.10. The fourth-order valence-electron chi connectivity index (χ4n) is 1.91. The van der Waals surface area contributed by atoms with Gasteiger partial charge in [0.25, 0.3) is 0 Å². The summed E-state index contributed by atoms with van der Waals surface area (Å²) in [6.07, 6.45) is 0. The maximum Gasteiger partial charge on any atom is 0.302 e. The van der Waals surface area contributed by atoms with E-state index in [4.69, 9.17) is 4.74 Å². The number of rotatable bonds is 9. The molecule has 0 fully saturated rings. The number of nitrogens with one attached hydrogen (secondary N) is 4. The van der Waals surface area contributed by atoms with Gasteiger partial charge in [0.05, 0.1) is 13.1 Å². The smallest absolute Gasteiger partial charge is 0.302 e. The Morgan fingerprint density at radius 3 is 2.27 bits per heavy atom. The Labute approximate surface area is 151 Å². The lowest BCUT2D eigenvalue weighted by Crippen LogP contribution is -2.48. The van der Waals surface area contributed by atoms with Crippen molar-refractivity contribution in [2.45, 2.75) is 26.5 Å². The molecule has 1 aromatic carbocycles. The average molecular weight is 364 g/mol. The van der Waals surface area contributed by atoms with Crippen LogP contribution in [0.4, 0.5) is 5.69 Å². The zero-order valence-corrected chi connectivity index (χ0v) is 15.0. The van der Waals surface area contributed by atoms with Gasteiger partial charge >= 0.3 is 5.97 Å². The van der Waals surface area contributed by atoms with Gasteiger partial charge in [0.15, 0.2) is 0 Å². The van der Waals surface area contributed by atoms with Crippen LogP contribution in [0.2, 0.25) is 0 Å². The minimum atomic E-state index is -0.746. The summed E-state index contributed by atoms with van der Waals surface area (Å²) in [6, 6.07) is 6.02. The summed E-state index contributed by atoms with van der Waals surface area (Å²) in [7, 11) is 1.62. The van der Waals surface area contributed by atoms with E-state index in [1.165, 1.54) is 13.8 Å². The molecular weight excluding hydrogens is 340 g/mol. The average Bonchev–Trinajstić information content (AvgIpc) is 2.59. The molecule has 0 bridgehead atoms. The number of carbonyl (C=O) groups is 4. The number of likely N-dealkylation sites (N-methyl/N-ethyl adjacent to an activating group) is 1. The van der Waals surface area contributed by atoms with E-state index in [2.05, 4.69) is 21.3 Å². The van der Waals surface area contributed by atoms with Crippen molar-refractivity contribution in [3.63, 3.8) is 0 Å². The standard InChI is InChI=1S/C17H24N4O5/c1-11(20-15(23)8-18-3)17(25)19-9-16(24)21-14-6-4-13(5-7-14)10-26-12(2)22/h4-7,11,18H,8-10H2,1-3H3,(H,19,25)(H,20,23)(H,21,24). The Morgan fingerprint density at radius 2 is 1.69 bits per heavy atom. The van der Waals surface area contributed by atoms with Crippen LogP contribution in [0.3, 0.4) is 0 Å². The van der Waals surface area contributed by atoms with E-state index in [1.807, 2.05) is 0 Å². The molecule has 1 aromatic rings. The van der Waals surface area contributed by atoms with Gasteiger partial charge in [-0.1, -0.05) is 12.1 Å². The van der Waals surface area contributed by atoms with Crippen LogP contribution in [0.1, 0.15) is 19.4 Å². The van der Waals surface area contributed by atoms with Crippen molar-refractivity contribution < 1.29 is 23.9 Å². The monoisotopic (exact) mass is 364 g/mol. The van der Waals surface area contributed by atoms with Crippen molar-refractivity contribution in [3.8, 4) is 0 Å². The highest BCUT2D eigenvalue weighted by atomic mass is 16.5. The third-order valence-electron chi connectivity index (χ3n) is 3.21. The second kappa shape index (κ2) is 10.8. The summed E-state index contributed by atoms with van der Waals surface area (Å²) < 4.78 is 4.87. The van der Waals surface area contributed by atoms with Gasteiger partial charge < -0.3 is 26.0 Å². The number of anilines is 1. The van der Waals surface area contributed by atoms with E-state index in [0.717, 1.165) is 5.56 Å². The van der Waals surface area contributed by atoms with Gasteiger partial charge in [0, 0.05) is 12.6 Å². The van der Waals surface area contributed by atoms with E-state index in [9.17, 15) is 19.2 Å². The van der Waals surface area contributed by atoms with Gasteiger partial charge in [-0.2, -0.15) is 0 Å². The fraction of sp³-hybridized carbons (Fsp3) is 0.412. The van der Waals surface area contributed by atoms with Gasteiger partial charge in [-0.3, -0.25) is 19.2 Å². The van der Waals surface area contributed by atoms with E-state index < -0.39 is 17.9 Å². The number of ether oxygens (including phenoxy) is 1. The first-order valence-electron chi connectivity index (χ1n) is 8.05. The molecule has 0 heterocycles. The molecule has 0 aliphatic carbocycles. The van der Waals surface area contributed by atoms with Crippen LogP contribution in [0.25, 0.3) is 0 Å². The summed E-state index contributed by atoms with van der Waals surface area (Å²) in [5.74, 6) is -1.54. The third-order valence-corrected chi connectivity index (χ3v) is 3.21. The first-order chi connectivity index (χ1) is 12.3. The second-order valence-corrected chi connectivity index (χ2v) is 5.56. The number of benzene rings is 1. The molecule has 1 rings (SSSR count). The van der Waals surface area contributed by atoms with Crippen molar-refractivity contribution in [3.05, 3.63) is 29.8 Å². The summed E-state index contributed by atoms with van der Waals surface area (Å²) in [4.78, 5) is 45.9. The Hall–Kier alpha value is -2.94. The predicted molar refractivity (Wildman–Crippen MR) is 95.1 cm³/mol. The summed E-state index contributed by atoms with van der Waals surface area (Å²) in [5.41, 5.74) is 1.34. The molecule has 3 amide bonds. The lowest BCUT2D eigenvalue weighted by molar-refractivity contribution is -0.142. The molecular formula is C17H24N4O5. The van der Waals surface area contributed by atoms with Crippen LogP contribution in [0.5, 0.6) is 0 Å². The molecule has 9 heteroatoms. The van der Waals surface area contributed by atoms with Crippen molar-refractivity contribution >= 4 is 29.4 Å². The zero-order valence-electron chi connectivity index (χ0n) is 15.0. The Kier molecular flexibility index (Phi) is 8.79. The molecule has 0 aliphatic heterocycles. The summed E-state index contributed by atoms with van der Waals surface area (Å²) in [5, 5.41) is 10.3. The molecule has 0 spiro atoms. The Bertz CT molecular complexity index is 645. The number of carbonyl (C=O) groups excluding carboxylic acids is 4. The molecule has 9 nitrogen and oxygen atoms in total. The summed E-state index contributed by atoms with van der Waals surface area (Å²) >= 11 is 0. The van der Waals surface area contributed by atoms with E-state index in [1.54, 1.807) is 31.3 Å². The van der Waals surface area contributed by atoms with E-state index >= 15 is 0 Å². The molecule has 0 saturated heterocycles. The molecule has 4 N–H and O–H groups in total. The van der Waals surface area contributed by atoms with Crippen molar-refractivity contribution in [2.24, 2.45) is 0 Å². The number of amides is 3. The lowest BCUT2D eigenvalue weighted by atomic mass is 10.2. The molecule has 0 aromatic heterocycles. The van der Waals surface area contributed by atoms with E-state index in [-0.39, 0.29) is 31.6 Å². The fourth-order valence-corrected chi connectivity index (χ4v) is 1.91. The normalized spacial score (nSPS) is 11.2. The van der Waals surface area contributed by atoms with Crippen LogP contribution >= 0.6 is 0 Å². The minimum absolute atomic E-state index is 0.103. The summed E-state index contributed by atoms with van der Waals surface area (Å²) in [6.45, 7) is 2.90. The topological polar surface area (TPSA) is 126 Å². The highest BCUT2D eigenvalue weighted by molar-refractivity contribution is 5.96. The lowest BCUT2D eigenvalue weighted by Gasteiger charge is -2.14. The van der Waals surface area contributed by atoms with Crippen molar-refractivity contribution in [2.75, 3.05) is 25.5 Å². The molecule has 0 radical (unpaired) electrons. The number of hydrogen-bond acceptors (Lipinski definition) is 6. The molecule has 1 unspecified atom stereocenters. The Morgan fingerprint density at radius 1 is 1.04 bits per heavy atom. The molecule has 142 valence electrons. The molecule has 0 saturated carbocycles. The second-order valence-electron chi connectivity index (χ2n) is 5.56. The van der Waals surface area contributed by atoms with Gasteiger partial charge in [0.1, 0.15) is 12.6 Å². The van der Waals surface area contributed by atoms with Gasteiger partial charge in [-0.15, -0.1) is 0 Å². The van der Waals surface area contributed by atoms with Crippen molar-refractivity contribution in [1.29, 1.82) is 0 Å². The number of hydrogen-bond donors (Lipinski definition) is 4. The molecule has 26 heavy (non-hydrogen) atoms. The van der Waals surface area contributed by atoms with Crippen molar-refractivity contribution in [1.82, 2.24) is 16.0 Å². The van der Waals surface area contributed by atoms with Gasteiger partial charge in [-0.05, 0) is 31.7 Å². The van der Waals surface area contributed by atoms with Gasteiger partial charge in [-0.25, -0.2) is 0 Å². The van der Waals surface area contributed by atoms with Crippen LogP contribution in [-0.4, -0.2) is 49.9 Å². The number of esters is 1. The van der Waals surface area contributed by atoms with Crippen LogP contribution in [0.15, 0.2) is 24.3 Å². The first kappa shape index (κ1) is 21.1. The minimum Gasteiger partial charge on any atom is -0.461 e. The third kappa shape index (κ3) is 8.25. The molecule has 0 aliphatic rings. The van der Waals surface area contributed by atoms with Crippen LogP contribution in [0, 0.1) is 0 Å². The quantitative estimate of drug-likeness (QED) is 0.439. The maximum absolute atomic E-state index is 11.9. The zero-order chi connectivity index (χ0) is 19.5. The van der Waals surface area contributed by atoms with Crippen LogP contribution in [-0.2, 0) is 30.5 Å². The SMILES string of the molecule is CNCC(=O)NC(C)C(=O)NCC(=O)Nc1ccc(COC(C)=O)cc1. The largest absolute Gasteiger partial charge is 0.461 e. The Balaban J connectivity index is 2.38. The van der Waals surface area contributed by atoms with Crippen LogP contribution < -0.4 is 21.3 Å². The molecule has 1 atom stereocenters. The highest BCUT2D eigenvalue weighted by Gasteiger charge is 2.15. The predicted octanol–water partition coefficient (Wildman–Crippen LogP) is -0.471. The first-order valence-corrected chi connectivity index (χ1v) is 8.05.